The molecule has 4 heteroatoms. The Kier molecular flexibility index (Phi) is 4.47. The normalized spacial score (nSPS) is 10.2. The number of aryl methyl sites for hydroxylation is 1. The number of aromatic carboxylic acids is 1. The van der Waals surface area contributed by atoms with E-state index in [-0.39, 0.29) is 0 Å². The van der Waals surface area contributed by atoms with Crippen LogP contribution in [0.1, 0.15) is 15.9 Å². The molecule has 4 nitrogen and oxygen atoms in total. The lowest BCUT2D eigenvalue weighted by Gasteiger charge is -1.97. The number of benzene rings is 2. The van der Waals surface area contributed by atoms with E-state index in [0.29, 0.717) is 5.56 Å². The van der Waals surface area contributed by atoms with Crippen LogP contribution in [0, 0.1) is 6.92 Å². The molecule has 0 unspecified atom stereocenters. The van der Waals surface area contributed by atoms with Crippen LogP contribution < -0.4 is 0 Å². The van der Waals surface area contributed by atoms with Crippen LogP contribution in [0.2, 0.25) is 0 Å². The van der Waals surface area contributed by atoms with Gasteiger partial charge in [-0.1, -0.05) is 29.8 Å². The summed E-state index contributed by atoms with van der Waals surface area (Å²) in [6.45, 7) is 2.10. The third kappa shape index (κ3) is 3.55. The number of fused-ring (bicyclic) bond motifs is 2. The molecule has 0 fully saturated rings. The quantitative estimate of drug-likeness (QED) is 0.562. The number of hydrogen-bond donors (Lipinski definition) is 1. The second-order valence-electron chi connectivity index (χ2n) is 5.47. The Hall–Kier alpha value is -3.27. The summed E-state index contributed by atoms with van der Waals surface area (Å²) < 4.78 is 0. The smallest absolute Gasteiger partial charge is 0.335 e. The molecular weight excluding hydrogens is 300 g/mol. The van der Waals surface area contributed by atoms with E-state index >= 15 is 0 Å². The lowest BCUT2D eigenvalue weighted by atomic mass is 10.1. The lowest BCUT2D eigenvalue weighted by molar-refractivity contribution is 0.0697. The molecule has 118 valence electrons. The van der Waals surface area contributed by atoms with Crippen molar-refractivity contribution in [3.63, 3.8) is 0 Å². The van der Waals surface area contributed by atoms with Crippen molar-refractivity contribution in [2.45, 2.75) is 6.92 Å². The molecule has 0 aliphatic carbocycles. The third-order valence-corrected chi connectivity index (χ3v) is 3.68. The van der Waals surface area contributed by atoms with Crippen LogP contribution in [-0.2, 0) is 0 Å². The van der Waals surface area contributed by atoms with Crippen molar-refractivity contribution in [2.75, 3.05) is 0 Å². The van der Waals surface area contributed by atoms with Crippen LogP contribution in [0.4, 0.5) is 0 Å². The standard InChI is InChI=1S/C10H7NO2.C10H9N/c12-10(13)8-1-2-9-6-11-4-3-7(9)5-8;1-8-2-3-10-7-11-5-4-9(10)6-8/h1-6H,(H,12,13);2-7H,1H3. The first-order valence-corrected chi connectivity index (χ1v) is 7.51. The van der Waals surface area contributed by atoms with Gasteiger partial charge in [0.15, 0.2) is 0 Å². The van der Waals surface area contributed by atoms with Gasteiger partial charge < -0.3 is 5.11 Å². The molecule has 4 rings (SSSR count). The number of carboxylic acid groups (broad SMARTS) is 1. The van der Waals surface area contributed by atoms with Crippen molar-refractivity contribution in [3.05, 3.63) is 84.4 Å². The van der Waals surface area contributed by atoms with E-state index in [4.69, 9.17) is 5.11 Å². The molecule has 0 atom stereocenters. The average Bonchev–Trinajstić information content (AvgIpc) is 2.61. The zero-order chi connectivity index (χ0) is 16.9. The molecule has 2 aromatic heterocycles. The summed E-state index contributed by atoms with van der Waals surface area (Å²) in [4.78, 5) is 18.6. The number of pyridine rings is 2. The Morgan fingerprint density at radius 3 is 2.00 bits per heavy atom. The summed E-state index contributed by atoms with van der Waals surface area (Å²) in [6.07, 6.45) is 7.06. The monoisotopic (exact) mass is 316 g/mol. The van der Waals surface area contributed by atoms with Crippen LogP contribution >= 0.6 is 0 Å². The van der Waals surface area contributed by atoms with Gasteiger partial charge in [-0.2, -0.15) is 0 Å². The fourth-order valence-corrected chi connectivity index (χ4v) is 2.42. The summed E-state index contributed by atoms with van der Waals surface area (Å²) in [5.74, 6) is -0.904. The maximum atomic E-state index is 10.6. The number of nitrogens with zero attached hydrogens (tertiary/aromatic N) is 2. The number of aromatic nitrogens is 2. The number of carbonyl (C=O) groups is 1. The molecular formula is C20H16N2O2. The van der Waals surface area contributed by atoms with Gasteiger partial charge in [0.25, 0.3) is 0 Å². The molecule has 0 radical (unpaired) electrons. The van der Waals surface area contributed by atoms with Crippen LogP contribution in [0.5, 0.6) is 0 Å². The van der Waals surface area contributed by atoms with Crippen LogP contribution in [0.3, 0.4) is 0 Å². The van der Waals surface area contributed by atoms with Crippen LogP contribution in [-0.4, -0.2) is 21.0 Å². The zero-order valence-electron chi connectivity index (χ0n) is 13.2. The molecule has 0 aliphatic heterocycles. The van der Waals surface area contributed by atoms with E-state index in [9.17, 15) is 4.79 Å². The highest BCUT2D eigenvalue weighted by Crippen LogP contribution is 2.14. The Morgan fingerprint density at radius 1 is 0.792 bits per heavy atom. The molecule has 0 spiro atoms. The summed E-state index contributed by atoms with van der Waals surface area (Å²) >= 11 is 0. The predicted molar refractivity (Wildman–Crippen MR) is 95.2 cm³/mol. The Morgan fingerprint density at radius 2 is 1.38 bits per heavy atom. The summed E-state index contributed by atoms with van der Waals surface area (Å²) in [7, 11) is 0. The topological polar surface area (TPSA) is 63.1 Å². The Bertz CT molecular complexity index is 1010. The van der Waals surface area contributed by atoms with Gasteiger partial charge in [0.1, 0.15) is 0 Å². The first kappa shape index (κ1) is 15.6. The van der Waals surface area contributed by atoms with Gasteiger partial charge in [-0.25, -0.2) is 4.79 Å². The van der Waals surface area contributed by atoms with Crippen molar-refractivity contribution in [3.8, 4) is 0 Å². The second kappa shape index (κ2) is 6.87. The van der Waals surface area contributed by atoms with E-state index in [2.05, 4.69) is 35.1 Å². The highest BCUT2D eigenvalue weighted by molar-refractivity contribution is 5.94. The fraction of sp³-hybridized carbons (Fsp3) is 0.0500. The van der Waals surface area contributed by atoms with Gasteiger partial charge in [0, 0.05) is 35.6 Å². The summed E-state index contributed by atoms with van der Waals surface area (Å²) in [5, 5.41) is 13.0. The molecule has 0 aliphatic rings. The van der Waals surface area contributed by atoms with E-state index in [0.717, 1.165) is 10.8 Å². The molecule has 4 aromatic rings. The van der Waals surface area contributed by atoms with Gasteiger partial charge in [0.2, 0.25) is 0 Å². The van der Waals surface area contributed by atoms with E-state index in [1.807, 2.05) is 18.5 Å². The van der Waals surface area contributed by atoms with Crippen LogP contribution in [0.25, 0.3) is 21.5 Å². The second-order valence-corrected chi connectivity index (χ2v) is 5.47. The predicted octanol–water partition coefficient (Wildman–Crippen LogP) is 4.48. The number of carboxylic acids is 1. The highest BCUT2D eigenvalue weighted by atomic mass is 16.4. The van der Waals surface area contributed by atoms with Gasteiger partial charge in [-0.15, -0.1) is 0 Å². The summed E-state index contributed by atoms with van der Waals surface area (Å²) in [5.41, 5.74) is 1.60. The van der Waals surface area contributed by atoms with Crippen molar-refractivity contribution in [2.24, 2.45) is 0 Å². The molecule has 24 heavy (non-hydrogen) atoms. The Balaban J connectivity index is 0.000000143. The minimum Gasteiger partial charge on any atom is -0.478 e. The zero-order valence-corrected chi connectivity index (χ0v) is 13.2. The SMILES string of the molecule is Cc1ccc2cnccc2c1.O=C(O)c1ccc2cnccc2c1. The van der Waals surface area contributed by atoms with Crippen molar-refractivity contribution in [1.29, 1.82) is 0 Å². The van der Waals surface area contributed by atoms with Gasteiger partial charge in [-0.3, -0.25) is 9.97 Å². The van der Waals surface area contributed by atoms with Gasteiger partial charge in [-0.05, 0) is 42.0 Å². The molecule has 0 saturated carbocycles. The number of hydrogen-bond acceptors (Lipinski definition) is 3. The lowest BCUT2D eigenvalue weighted by Crippen LogP contribution is -1.95. The third-order valence-electron chi connectivity index (χ3n) is 3.68. The first-order valence-electron chi connectivity index (χ1n) is 7.51. The largest absolute Gasteiger partial charge is 0.478 e. The molecule has 0 amide bonds. The van der Waals surface area contributed by atoms with Crippen molar-refractivity contribution < 1.29 is 9.90 Å². The van der Waals surface area contributed by atoms with E-state index in [1.54, 1.807) is 36.7 Å². The van der Waals surface area contributed by atoms with Gasteiger partial charge in [0.05, 0.1) is 5.56 Å². The van der Waals surface area contributed by atoms with Gasteiger partial charge >= 0.3 is 5.97 Å². The number of rotatable bonds is 1. The van der Waals surface area contributed by atoms with Crippen molar-refractivity contribution in [1.82, 2.24) is 9.97 Å². The van der Waals surface area contributed by atoms with Crippen LogP contribution in [0.15, 0.2) is 73.3 Å². The Labute approximate surface area is 139 Å². The minimum atomic E-state index is -0.904. The fourth-order valence-electron chi connectivity index (χ4n) is 2.42. The minimum absolute atomic E-state index is 0.304. The van der Waals surface area contributed by atoms with E-state index in [1.165, 1.54) is 16.3 Å². The maximum absolute atomic E-state index is 10.6. The molecule has 0 saturated heterocycles. The van der Waals surface area contributed by atoms with Crippen molar-refractivity contribution >= 4 is 27.5 Å². The molecule has 2 heterocycles. The molecule has 1 N–H and O–H groups in total. The highest BCUT2D eigenvalue weighted by Gasteiger charge is 2.02. The maximum Gasteiger partial charge on any atom is 0.335 e. The average molecular weight is 316 g/mol. The summed E-state index contributed by atoms with van der Waals surface area (Å²) in [6, 6.07) is 15.2. The molecule has 0 bridgehead atoms. The van der Waals surface area contributed by atoms with E-state index < -0.39 is 5.97 Å². The first-order chi connectivity index (χ1) is 11.6. The molecule has 2 aromatic carbocycles.